The predicted molar refractivity (Wildman–Crippen MR) is 34.4 cm³/mol. The highest BCUT2D eigenvalue weighted by atomic mass is 35.5. The second-order valence-corrected chi connectivity index (χ2v) is 1.25. The lowest BCUT2D eigenvalue weighted by atomic mass is 10.3. The van der Waals surface area contributed by atoms with Crippen LogP contribution in [0, 0.1) is 0 Å². The summed E-state index contributed by atoms with van der Waals surface area (Å²) in [6.07, 6.45) is 7.15. The van der Waals surface area contributed by atoms with Crippen LogP contribution in [0.2, 0.25) is 0 Å². The van der Waals surface area contributed by atoms with Crippen LogP contribution in [0.3, 0.4) is 0 Å². The van der Waals surface area contributed by atoms with Crippen molar-refractivity contribution in [2.24, 2.45) is 4.99 Å². The minimum atomic E-state index is 0. The summed E-state index contributed by atoms with van der Waals surface area (Å²) >= 11 is 0. The van der Waals surface area contributed by atoms with Crippen molar-refractivity contribution in [3.63, 3.8) is 0 Å². The number of halogens is 1. The Hall–Kier alpha value is -0.300. The van der Waals surface area contributed by atoms with Gasteiger partial charge in [0.15, 0.2) is 0 Å². The van der Waals surface area contributed by atoms with Gasteiger partial charge in [-0.3, -0.25) is 4.99 Å². The summed E-state index contributed by atoms with van der Waals surface area (Å²) < 4.78 is 0. The van der Waals surface area contributed by atoms with Gasteiger partial charge in [0.05, 0.1) is 6.54 Å². The summed E-state index contributed by atoms with van der Waals surface area (Å²) in [4.78, 5) is 3.97. The van der Waals surface area contributed by atoms with E-state index in [-0.39, 0.29) is 12.4 Å². The van der Waals surface area contributed by atoms with Gasteiger partial charge < -0.3 is 0 Å². The molecule has 0 saturated heterocycles. The van der Waals surface area contributed by atoms with Gasteiger partial charge in [-0.05, 0) is 0 Å². The lowest BCUT2D eigenvalue weighted by Crippen LogP contribution is -1.80. The van der Waals surface area contributed by atoms with Gasteiger partial charge in [-0.1, -0.05) is 12.2 Å². The molecule has 7 heavy (non-hydrogen) atoms. The van der Waals surface area contributed by atoms with Crippen LogP contribution in [-0.4, -0.2) is 12.8 Å². The van der Waals surface area contributed by atoms with E-state index in [0.29, 0.717) is 0 Å². The first-order valence-electron chi connectivity index (χ1n) is 2.13. The van der Waals surface area contributed by atoms with Gasteiger partial charge in [0, 0.05) is 12.6 Å². The topological polar surface area (TPSA) is 12.4 Å². The van der Waals surface area contributed by atoms with Crippen LogP contribution in [0.5, 0.6) is 0 Å². The van der Waals surface area contributed by atoms with E-state index in [1.165, 1.54) is 0 Å². The molecule has 40 valence electrons. The average molecular weight is 118 g/mol. The molecule has 0 spiro atoms. The van der Waals surface area contributed by atoms with Crippen LogP contribution in [0.1, 0.15) is 6.42 Å². The SMILES string of the molecule is C1=CCN=CC1.Cl. The molecule has 1 aliphatic heterocycles. The second-order valence-electron chi connectivity index (χ2n) is 1.25. The molecule has 0 radical (unpaired) electrons. The van der Waals surface area contributed by atoms with E-state index in [4.69, 9.17) is 0 Å². The fourth-order valence-electron chi connectivity index (χ4n) is 0.442. The fourth-order valence-corrected chi connectivity index (χ4v) is 0.442. The monoisotopic (exact) mass is 117 g/mol. The second kappa shape index (κ2) is 3.88. The molecular weight excluding hydrogens is 110 g/mol. The molecule has 0 unspecified atom stereocenters. The van der Waals surface area contributed by atoms with Gasteiger partial charge in [-0.25, -0.2) is 0 Å². The molecule has 2 heteroatoms. The summed E-state index contributed by atoms with van der Waals surface area (Å²) in [7, 11) is 0. The summed E-state index contributed by atoms with van der Waals surface area (Å²) in [6.45, 7) is 0.889. The Morgan fingerprint density at radius 3 is 2.29 bits per heavy atom. The molecule has 0 bridgehead atoms. The number of nitrogens with zero attached hydrogens (tertiary/aromatic N) is 1. The van der Waals surface area contributed by atoms with E-state index in [9.17, 15) is 0 Å². The Bertz CT molecular complexity index is 66.1. The minimum absolute atomic E-state index is 0. The van der Waals surface area contributed by atoms with Gasteiger partial charge in [0.2, 0.25) is 0 Å². The molecule has 0 atom stereocenters. The van der Waals surface area contributed by atoms with Crippen molar-refractivity contribution >= 4 is 18.6 Å². The maximum atomic E-state index is 3.97. The number of dihydropyridines is 1. The lowest BCUT2D eigenvalue weighted by Gasteiger charge is -1.87. The van der Waals surface area contributed by atoms with Crippen molar-refractivity contribution in [2.75, 3.05) is 6.54 Å². The molecule has 0 aromatic heterocycles. The Kier molecular flexibility index (Phi) is 3.71. The average Bonchev–Trinajstić information content (AvgIpc) is 1.72. The van der Waals surface area contributed by atoms with Crippen LogP contribution in [0.15, 0.2) is 17.1 Å². The highest BCUT2D eigenvalue weighted by Gasteiger charge is 1.76. The van der Waals surface area contributed by atoms with Gasteiger partial charge in [0.25, 0.3) is 0 Å². The number of hydrogen-bond donors (Lipinski definition) is 0. The van der Waals surface area contributed by atoms with Crippen LogP contribution in [0.25, 0.3) is 0 Å². The van der Waals surface area contributed by atoms with Gasteiger partial charge in [-0.2, -0.15) is 0 Å². The summed E-state index contributed by atoms with van der Waals surface area (Å²) in [5, 5.41) is 0. The summed E-state index contributed by atoms with van der Waals surface area (Å²) in [5.74, 6) is 0. The first-order chi connectivity index (χ1) is 3.00. The van der Waals surface area contributed by atoms with E-state index in [1.54, 1.807) is 0 Å². The first kappa shape index (κ1) is 6.70. The predicted octanol–water partition coefficient (Wildman–Crippen LogP) is 1.44. The van der Waals surface area contributed by atoms with Crippen molar-refractivity contribution < 1.29 is 0 Å². The van der Waals surface area contributed by atoms with E-state index < -0.39 is 0 Å². The van der Waals surface area contributed by atoms with Gasteiger partial charge >= 0.3 is 0 Å². The maximum Gasteiger partial charge on any atom is 0.0566 e. The molecule has 1 aliphatic rings. The number of allylic oxidation sites excluding steroid dienone is 1. The largest absolute Gasteiger partial charge is 0.293 e. The van der Waals surface area contributed by atoms with E-state index in [2.05, 4.69) is 17.1 Å². The maximum absolute atomic E-state index is 3.97. The molecule has 0 aromatic carbocycles. The third kappa shape index (κ3) is 2.40. The number of hydrogen-bond acceptors (Lipinski definition) is 1. The van der Waals surface area contributed by atoms with Crippen LogP contribution < -0.4 is 0 Å². The Morgan fingerprint density at radius 2 is 2.14 bits per heavy atom. The van der Waals surface area contributed by atoms with Crippen molar-refractivity contribution in [3.8, 4) is 0 Å². The van der Waals surface area contributed by atoms with Crippen molar-refractivity contribution in [3.05, 3.63) is 12.2 Å². The molecule has 0 N–H and O–H groups in total. The zero-order valence-corrected chi connectivity index (χ0v) is 4.82. The zero-order chi connectivity index (χ0) is 4.24. The van der Waals surface area contributed by atoms with Crippen molar-refractivity contribution in [1.82, 2.24) is 0 Å². The molecule has 1 nitrogen and oxygen atoms in total. The summed E-state index contributed by atoms with van der Waals surface area (Å²) in [5.41, 5.74) is 0. The molecule has 1 heterocycles. The van der Waals surface area contributed by atoms with E-state index in [0.717, 1.165) is 13.0 Å². The Morgan fingerprint density at radius 1 is 1.29 bits per heavy atom. The Labute approximate surface area is 49.6 Å². The molecule has 0 aliphatic carbocycles. The first-order valence-corrected chi connectivity index (χ1v) is 2.13. The normalized spacial score (nSPS) is 16.0. The van der Waals surface area contributed by atoms with Crippen molar-refractivity contribution in [1.29, 1.82) is 0 Å². The number of rotatable bonds is 0. The highest BCUT2D eigenvalue weighted by Crippen LogP contribution is 1.85. The van der Waals surface area contributed by atoms with Gasteiger partial charge in [-0.15, -0.1) is 12.4 Å². The van der Waals surface area contributed by atoms with Gasteiger partial charge in [0.1, 0.15) is 0 Å². The standard InChI is InChI=1S/C5H7N.ClH/c1-2-4-6-5-3-1;/h1-2,5H,3-4H2;1H. The van der Waals surface area contributed by atoms with Crippen LogP contribution >= 0.6 is 12.4 Å². The Balaban J connectivity index is 0.000000360. The quantitative estimate of drug-likeness (QED) is 0.426. The molecule has 0 saturated carbocycles. The zero-order valence-electron chi connectivity index (χ0n) is 4.00. The highest BCUT2D eigenvalue weighted by molar-refractivity contribution is 5.85. The van der Waals surface area contributed by atoms with Crippen LogP contribution in [-0.2, 0) is 0 Å². The molecule has 1 rings (SSSR count). The molecule has 0 aromatic rings. The smallest absolute Gasteiger partial charge is 0.0566 e. The summed E-state index contributed by atoms with van der Waals surface area (Å²) in [6, 6.07) is 0. The van der Waals surface area contributed by atoms with E-state index in [1.807, 2.05) is 6.21 Å². The molecular formula is C5H8ClN. The molecule has 0 fully saturated rings. The molecule has 0 amide bonds. The number of aliphatic imine (C=N–C) groups is 1. The third-order valence-electron chi connectivity index (χ3n) is 0.748. The van der Waals surface area contributed by atoms with E-state index >= 15 is 0 Å². The lowest BCUT2D eigenvalue weighted by molar-refractivity contribution is 1.19. The minimum Gasteiger partial charge on any atom is -0.293 e. The fraction of sp³-hybridized carbons (Fsp3) is 0.400. The van der Waals surface area contributed by atoms with Crippen molar-refractivity contribution in [2.45, 2.75) is 6.42 Å². The third-order valence-corrected chi connectivity index (χ3v) is 0.748. The van der Waals surface area contributed by atoms with Crippen LogP contribution in [0.4, 0.5) is 0 Å².